The third-order valence-corrected chi connectivity index (χ3v) is 1.83. The predicted octanol–water partition coefficient (Wildman–Crippen LogP) is 2.51. The van der Waals surface area contributed by atoms with Crippen LogP contribution in [0.5, 0.6) is 11.5 Å². The van der Waals surface area contributed by atoms with Gasteiger partial charge in [0.05, 0.1) is 0 Å². The SMILES string of the molecule is CC(C)c1ccc(OO)c(OO)c1. The van der Waals surface area contributed by atoms with Crippen LogP contribution in [0.15, 0.2) is 18.2 Å². The first-order chi connectivity index (χ1) is 6.19. The van der Waals surface area contributed by atoms with Crippen molar-refractivity contribution < 1.29 is 20.3 Å². The van der Waals surface area contributed by atoms with Crippen molar-refractivity contribution in [3.63, 3.8) is 0 Å². The summed E-state index contributed by atoms with van der Waals surface area (Å²) in [6.07, 6.45) is 0. The average molecular weight is 184 g/mol. The van der Waals surface area contributed by atoms with Crippen LogP contribution in [0.25, 0.3) is 0 Å². The summed E-state index contributed by atoms with van der Waals surface area (Å²) in [4.78, 5) is 8.03. The zero-order valence-electron chi connectivity index (χ0n) is 7.52. The molecule has 0 atom stereocenters. The van der Waals surface area contributed by atoms with E-state index in [2.05, 4.69) is 9.78 Å². The molecule has 1 rings (SSSR count). The summed E-state index contributed by atoms with van der Waals surface area (Å²) in [5.74, 6) is 0.516. The first-order valence-electron chi connectivity index (χ1n) is 3.95. The highest BCUT2D eigenvalue weighted by Gasteiger charge is 2.08. The van der Waals surface area contributed by atoms with E-state index in [1.807, 2.05) is 13.8 Å². The fraction of sp³-hybridized carbons (Fsp3) is 0.333. The van der Waals surface area contributed by atoms with Crippen LogP contribution in [0.4, 0.5) is 0 Å². The monoisotopic (exact) mass is 184 g/mol. The van der Waals surface area contributed by atoms with Crippen LogP contribution in [-0.2, 0) is 0 Å². The van der Waals surface area contributed by atoms with Crippen LogP contribution >= 0.6 is 0 Å². The molecule has 0 aliphatic rings. The predicted molar refractivity (Wildman–Crippen MR) is 47.0 cm³/mol. The van der Waals surface area contributed by atoms with E-state index in [0.29, 0.717) is 5.92 Å². The number of rotatable bonds is 3. The summed E-state index contributed by atoms with van der Waals surface area (Å²) < 4.78 is 0. The highest BCUT2D eigenvalue weighted by Crippen LogP contribution is 2.29. The lowest BCUT2D eigenvalue weighted by Gasteiger charge is -2.08. The molecule has 1 aromatic rings. The van der Waals surface area contributed by atoms with Crippen LogP contribution in [-0.4, -0.2) is 10.5 Å². The molecule has 0 saturated carbocycles. The van der Waals surface area contributed by atoms with Crippen molar-refractivity contribution in [2.45, 2.75) is 19.8 Å². The zero-order valence-corrected chi connectivity index (χ0v) is 7.52. The lowest BCUT2D eigenvalue weighted by Crippen LogP contribution is -1.94. The van der Waals surface area contributed by atoms with Gasteiger partial charge in [-0.05, 0) is 23.6 Å². The molecule has 0 fully saturated rings. The molecule has 0 spiro atoms. The van der Waals surface area contributed by atoms with E-state index in [-0.39, 0.29) is 11.5 Å². The Labute approximate surface area is 76.2 Å². The quantitative estimate of drug-likeness (QED) is 0.559. The minimum Gasteiger partial charge on any atom is -0.336 e. The van der Waals surface area contributed by atoms with Crippen LogP contribution in [0.3, 0.4) is 0 Å². The summed E-state index contributed by atoms with van der Waals surface area (Å²) in [5, 5.41) is 16.9. The first-order valence-corrected chi connectivity index (χ1v) is 3.95. The molecule has 4 heteroatoms. The van der Waals surface area contributed by atoms with Crippen LogP contribution < -0.4 is 9.78 Å². The van der Waals surface area contributed by atoms with E-state index < -0.39 is 0 Å². The van der Waals surface area contributed by atoms with Gasteiger partial charge in [-0.15, -0.1) is 0 Å². The largest absolute Gasteiger partial charge is 0.336 e. The lowest BCUT2D eigenvalue weighted by atomic mass is 10.0. The molecule has 4 nitrogen and oxygen atoms in total. The molecule has 0 heterocycles. The third-order valence-electron chi connectivity index (χ3n) is 1.83. The smallest absolute Gasteiger partial charge is 0.211 e. The summed E-state index contributed by atoms with van der Waals surface area (Å²) in [6.45, 7) is 4.02. The molecular formula is C9H12O4. The van der Waals surface area contributed by atoms with Gasteiger partial charge >= 0.3 is 0 Å². The van der Waals surface area contributed by atoms with Crippen LogP contribution in [0, 0.1) is 0 Å². The van der Waals surface area contributed by atoms with Crippen molar-refractivity contribution in [2.24, 2.45) is 0 Å². The molecule has 0 saturated heterocycles. The van der Waals surface area contributed by atoms with E-state index in [9.17, 15) is 0 Å². The first kappa shape index (κ1) is 9.83. The second kappa shape index (κ2) is 4.11. The summed E-state index contributed by atoms with van der Waals surface area (Å²) in [7, 11) is 0. The summed E-state index contributed by atoms with van der Waals surface area (Å²) in [6, 6.07) is 4.93. The lowest BCUT2D eigenvalue weighted by molar-refractivity contribution is -0.164. The van der Waals surface area contributed by atoms with Crippen LogP contribution in [0.2, 0.25) is 0 Å². The van der Waals surface area contributed by atoms with Gasteiger partial charge in [0, 0.05) is 0 Å². The van der Waals surface area contributed by atoms with Crippen molar-refractivity contribution >= 4 is 0 Å². The minimum atomic E-state index is 0.0897. The van der Waals surface area contributed by atoms with Gasteiger partial charge < -0.3 is 9.78 Å². The van der Waals surface area contributed by atoms with Gasteiger partial charge in [-0.25, -0.2) is 10.5 Å². The van der Waals surface area contributed by atoms with Gasteiger partial charge in [0.15, 0.2) is 0 Å². The fourth-order valence-electron chi connectivity index (χ4n) is 1.03. The fourth-order valence-corrected chi connectivity index (χ4v) is 1.03. The Kier molecular flexibility index (Phi) is 3.11. The maximum Gasteiger partial charge on any atom is 0.211 e. The molecule has 13 heavy (non-hydrogen) atoms. The molecule has 0 aliphatic heterocycles. The molecule has 0 amide bonds. The Balaban J connectivity index is 3.05. The van der Waals surface area contributed by atoms with E-state index in [1.165, 1.54) is 6.07 Å². The molecule has 0 unspecified atom stereocenters. The molecule has 2 N–H and O–H groups in total. The Morgan fingerprint density at radius 2 is 1.69 bits per heavy atom. The number of benzene rings is 1. The molecular weight excluding hydrogens is 172 g/mol. The topological polar surface area (TPSA) is 58.9 Å². The molecule has 72 valence electrons. The average Bonchev–Trinajstić information content (AvgIpc) is 2.16. The maximum atomic E-state index is 8.46. The normalized spacial score (nSPS) is 10.2. The summed E-state index contributed by atoms with van der Waals surface area (Å²) in [5.41, 5.74) is 0.991. The molecule has 0 aromatic heterocycles. The van der Waals surface area contributed by atoms with E-state index in [1.54, 1.807) is 12.1 Å². The van der Waals surface area contributed by atoms with Crippen molar-refractivity contribution in [3.05, 3.63) is 23.8 Å². The second-order valence-electron chi connectivity index (χ2n) is 3.04. The van der Waals surface area contributed by atoms with Gasteiger partial charge in [-0.3, -0.25) is 0 Å². The second-order valence-corrected chi connectivity index (χ2v) is 3.04. The van der Waals surface area contributed by atoms with Gasteiger partial charge in [0.25, 0.3) is 0 Å². The standard InChI is InChI=1S/C9H12O4/c1-6(2)7-3-4-8(12-10)9(5-7)13-11/h3-6,10-11H,1-2H3. The molecule has 0 bridgehead atoms. The van der Waals surface area contributed by atoms with E-state index in [0.717, 1.165) is 5.56 Å². The van der Waals surface area contributed by atoms with Gasteiger partial charge in [-0.2, -0.15) is 0 Å². The highest BCUT2D eigenvalue weighted by atomic mass is 17.1. The Hall–Kier alpha value is -1.26. The Morgan fingerprint density at radius 3 is 2.15 bits per heavy atom. The van der Waals surface area contributed by atoms with Crippen LogP contribution in [0.1, 0.15) is 25.3 Å². The number of hydrogen-bond acceptors (Lipinski definition) is 4. The van der Waals surface area contributed by atoms with Crippen molar-refractivity contribution in [2.75, 3.05) is 0 Å². The number of hydrogen-bond donors (Lipinski definition) is 2. The van der Waals surface area contributed by atoms with Gasteiger partial charge in [0.2, 0.25) is 11.5 Å². The van der Waals surface area contributed by atoms with Gasteiger partial charge in [0.1, 0.15) is 0 Å². The zero-order chi connectivity index (χ0) is 9.84. The summed E-state index contributed by atoms with van der Waals surface area (Å²) >= 11 is 0. The molecule has 0 radical (unpaired) electrons. The molecule has 0 aliphatic carbocycles. The van der Waals surface area contributed by atoms with Gasteiger partial charge in [-0.1, -0.05) is 19.9 Å². The minimum absolute atomic E-state index is 0.0897. The Morgan fingerprint density at radius 1 is 1.08 bits per heavy atom. The van der Waals surface area contributed by atoms with Crippen molar-refractivity contribution in [3.8, 4) is 11.5 Å². The van der Waals surface area contributed by atoms with Crippen molar-refractivity contribution in [1.29, 1.82) is 0 Å². The Bertz CT molecular complexity index is 283. The van der Waals surface area contributed by atoms with Crippen molar-refractivity contribution in [1.82, 2.24) is 0 Å². The van der Waals surface area contributed by atoms with E-state index in [4.69, 9.17) is 10.5 Å². The third kappa shape index (κ3) is 2.11. The maximum absolute atomic E-state index is 8.46. The van der Waals surface area contributed by atoms with E-state index >= 15 is 0 Å². The molecule has 1 aromatic carbocycles. The highest BCUT2D eigenvalue weighted by molar-refractivity contribution is 5.43.